The van der Waals surface area contributed by atoms with Gasteiger partial charge < -0.3 is 30.6 Å². The van der Waals surface area contributed by atoms with Gasteiger partial charge >= 0.3 is 19.5 Å². The molecule has 0 bridgehead atoms. The maximum absolute atomic E-state index is 8.25. The van der Waals surface area contributed by atoms with E-state index < -0.39 is 10.2 Å². The minimum Gasteiger partial charge on any atom is -0.356 e. The topological polar surface area (TPSA) is 184 Å². The second-order valence-corrected chi connectivity index (χ2v) is 0.447. The van der Waals surface area contributed by atoms with Crippen LogP contribution in [0.5, 0.6) is 0 Å². The summed E-state index contributed by atoms with van der Waals surface area (Å²) in [5.74, 6) is 8.00. The van der Waals surface area contributed by atoms with Gasteiger partial charge in [-0.15, -0.1) is 0 Å². The first kappa shape index (κ1) is 22.5. The van der Waals surface area contributed by atoms with E-state index in [1.54, 1.807) is 0 Å². The minimum absolute atomic E-state index is 0. The summed E-state index contributed by atoms with van der Waals surface area (Å²) >= 11 is 0. The first-order chi connectivity index (χ1) is 4.46. The van der Waals surface area contributed by atoms with Gasteiger partial charge in [0.2, 0.25) is 0 Å². The van der Waals surface area contributed by atoms with Gasteiger partial charge in [0, 0.05) is 0 Å². The van der Waals surface area contributed by atoms with Crippen molar-refractivity contribution < 1.29 is 29.7 Å². The Kier molecular flexibility index (Phi) is 47.3. The number of rotatable bonds is 0. The Morgan fingerprint density at radius 3 is 0.818 bits per heavy atom. The van der Waals surface area contributed by atoms with E-state index in [1.807, 2.05) is 0 Å². The van der Waals surface area contributed by atoms with Crippen molar-refractivity contribution in [2.75, 3.05) is 0 Å². The molecule has 62 valence electrons. The Morgan fingerprint density at radius 1 is 0.818 bits per heavy atom. The SMILES string of the molecule is NN.O=[N+]([O-])[O-].O=[N+]([O-])[O-].[Zn+2]. The van der Waals surface area contributed by atoms with E-state index in [9.17, 15) is 0 Å². The molecule has 0 aliphatic heterocycles. The molecule has 0 unspecified atom stereocenters. The molecule has 0 rings (SSSR count). The van der Waals surface area contributed by atoms with Gasteiger partial charge in [-0.3, -0.25) is 11.7 Å². The van der Waals surface area contributed by atoms with Crippen molar-refractivity contribution in [3.05, 3.63) is 30.6 Å². The maximum Gasteiger partial charge on any atom is 2.00 e. The molecule has 0 atom stereocenters. The Labute approximate surface area is 72.7 Å². The predicted molar refractivity (Wildman–Crippen MR) is 29.1 cm³/mol. The maximum atomic E-state index is 8.25. The summed E-state index contributed by atoms with van der Waals surface area (Å²) in [7, 11) is 0. The second-order valence-electron chi connectivity index (χ2n) is 0.447. The van der Waals surface area contributed by atoms with Gasteiger partial charge in [-0.1, -0.05) is 0 Å². The predicted octanol–water partition coefficient (Wildman–Crippen LogP) is -1.66. The van der Waals surface area contributed by atoms with E-state index >= 15 is 0 Å². The minimum atomic E-state index is -1.75. The van der Waals surface area contributed by atoms with Crippen LogP contribution >= 0.6 is 0 Å². The number of hydrogen-bond donors (Lipinski definition) is 2. The third-order valence-electron chi connectivity index (χ3n) is 0. The molecular weight excluding hydrogens is 217 g/mol. The molecule has 0 spiro atoms. The molecule has 0 heterocycles. The van der Waals surface area contributed by atoms with Crippen LogP contribution in [0.4, 0.5) is 0 Å². The second kappa shape index (κ2) is 23.1. The summed E-state index contributed by atoms with van der Waals surface area (Å²) < 4.78 is 0. The third kappa shape index (κ3) is 386. The monoisotopic (exact) mass is 220 g/mol. The van der Waals surface area contributed by atoms with Crippen molar-refractivity contribution in [2.45, 2.75) is 0 Å². The van der Waals surface area contributed by atoms with Crippen LogP contribution in [-0.2, 0) is 19.5 Å². The number of hydrazine groups is 1. The summed E-state index contributed by atoms with van der Waals surface area (Å²) in [6.07, 6.45) is 0. The Morgan fingerprint density at radius 2 is 0.818 bits per heavy atom. The van der Waals surface area contributed by atoms with Crippen LogP contribution in [-0.4, -0.2) is 10.2 Å². The van der Waals surface area contributed by atoms with Gasteiger partial charge in [0.25, 0.3) is 0 Å². The fraction of sp³-hybridized carbons (Fsp3) is 0. The third-order valence-corrected chi connectivity index (χ3v) is 0. The zero-order valence-corrected chi connectivity index (χ0v) is 8.17. The normalized spacial score (nSPS) is 4.91. The molecule has 0 radical (unpaired) electrons. The summed E-state index contributed by atoms with van der Waals surface area (Å²) in [4.78, 5) is 16.5. The molecule has 0 amide bonds. The van der Waals surface area contributed by atoms with Crippen LogP contribution in [0.2, 0.25) is 0 Å². The zero-order chi connectivity index (χ0) is 9.15. The first-order valence-electron chi connectivity index (χ1n) is 1.43. The average molecular weight is 221 g/mol. The molecule has 0 saturated carbocycles. The molecule has 4 N–H and O–H groups in total. The van der Waals surface area contributed by atoms with E-state index in [0.29, 0.717) is 0 Å². The van der Waals surface area contributed by atoms with Gasteiger partial charge in [0.05, 0.1) is 10.2 Å². The molecule has 10 nitrogen and oxygen atoms in total. The van der Waals surface area contributed by atoms with Crippen LogP contribution in [0.3, 0.4) is 0 Å². The molecule has 11 heavy (non-hydrogen) atoms. The molecule has 0 aliphatic rings. The van der Waals surface area contributed by atoms with Gasteiger partial charge in [-0.05, 0) is 0 Å². The van der Waals surface area contributed by atoms with Crippen LogP contribution in [0.25, 0.3) is 0 Å². The molecule has 0 aromatic rings. The van der Waals surface area contributed by atoms with E-state index in [4.69, 9.17) is 30.6 Å². The summed E-state index contributed by atoms with van der Waals surface area (Å²) in [6.45, 7) is 0. The van der Waals surface area contributed by atoms with Gasteiger partial charge in [-0.2, -0.15) is 0 Å². The summed E-state index contributed by atoms with van der Waals surface area (Å²) in [5, 5.41) is 29.5. The largest absolute Gasteiger partial charge is 2.00 e. The fourth-order valence-corrected chi connectivity index (χ4v) is 0. The van der Waals surface area contributed by atoms with Gasteiger partial charge in [-0.25, -0.2) is 0 Å². The quantitative estimate of drug-likeness (QED) is 0.210. The van der Waals surface area contributed by atoms with E-state index in [2.05, 4.69) is 11.7 Å². The molecule has 11 heteroatoms. The smallest absolute Gasteiger partial charge is 0.356 e. The number of hydrogen-bond acceptors (Lipinski definition) is 8. The zero-order valence-electron chi connectivity index (χ0n) is 5.21. The van der Waals surface area contributed by atoms with Crippen LogP contribution < -0.4 is 11.7 Å². The van der Waals surface area contributed by atoms with Crippen LogP contribution in [0.15, 0.2) is 0 Å². The van der Waals surface area contributed by atoms with Crippen LogP contribution in [0.1, 0.15) is 0 Å². The van der Waals surface area contributed by atoms with Gasteiger partial charge in [0.15, 0.2) is 0 Å². The fourth-order valence-electron chi connectivity index (χ4n) is 0. The number of nitrogens with two attached hydrogens (primary N) is 2. The van der Waals surface area contributed by atoms with Crippen molar-refractivity contribution in [1.82, 2.24) is 0 Å². The summed E-state index contributed by atoms with van der Waals surface area (Å²) in [5.41, 5.74) is 0. The van der Waals surface area contributed by atoms with Crippen molar-refractivity contribution in [3.8, 4) is 0 Å². The van der Waals surface area contributed by atoms with E-state index in [0.717, 1.165) is 0 Å². The van der Waals surface area contributed by atoms with Crippen molar-refractivity contribution >= 4 is 0 Å². The molecule has 0 aliphatic carbocycles. The van der Waals surface area contributed by atoms with Crippen molar-refractivity contribution in [3.63, 3.8) is 0 Å². The van der Waals surface area contributed by atoms with Crippen molar-refractivity contribution in [2.24, 2.45) is 11.7 Å². The summed E-state index contributed by atoms with van der Waals surface area (Å²) in [6, 6.07) is 0. The molecule has 0 aromatic carbocycles. The first-order valence-corrected chi connectivity index (χ1v) is 1.43. The standard InChI is InChI=1S/H4N2.2NO3.Zn/c1-2;2*2-1(3)4;/h1-2H2;;;/q;2*-1;+2. The molecule has 0 saturated heterocycles. The Bertz CT molecular complexity index is 72.6. The van der Waals surface area contributed by atoms with E-state index in [1.165, 1.54) is 0 Å². The Hall–Kier alpha value is -1.06. The van der Waals surface area contributed by atoms with Crippen LogP contribution in [0, 0.1) is 30.6 Å². The average Bonchev–Trinajstić information content (AvgIpc) is 1.66. The number of nitrogens with zero attached hydrogens (tertiary/aromatic N) is 2. The van der Waals surface area contributed by atoms with Crippen molar-refractivity contribution in [1.29, 1.82) is 0 Å². The molecule has 0 aromatic heterocycles. The molecular formula is H4N4O6Zn. The van der Waals surface area contributed by atoms with Gasteiger partial charge in [0.1, 0.15) is 0 Å². The molecule has 0 fully saturated rings. The van der Waals surface area contributed by atoms with E-state index in [-0.39, 0.29) is 19.5 Å². The Balaban J connectivity index is -0.0000000339.